The zero-order chi connectivity index (χ0) is 27.2. The topological polar surface area (TPSA) is 94.2 Å². The third-order valence-corrected chi connectivity index (χ3v) is 7.16. The highest BCUT2D eigenvalue weighted by Gasteiger charge is 2.27. The summed E-state index contributed by atoms with van der Waals surface area (Å²) in [5, 5.41) is 2.90. The maximum atomic E-state index is 13.0. The van der Waals surface area contributed by atoms with E-state index >= 15 is 0 Å². The van der Waals surface area contributed by atoms with Crippen LogP contribution in [0.4, 0.5) is 16.2 Å². The van der Waals surface area contributed by atoms with Crippen LogP contribution >= 0.6 is 27.3 Å². The van der Waals surface area contributed by atoms with Crippen molar-refractivity contribution in [1.82, 2.24) is 0 Å². The number of para-hydroxylation sites is 1. The highest BCUT2D eigenvalue weighted by atomic mass is 79.9. The highest BCUT2D eigenvalue weighted by molar-refractivity contribution is 9.10. The average molecular weight is 590 g/mol. The number of thiophene rings is 1. The lowest BCUT2D eigenvalue weighted by molar-refractivity contribution is -0.157. The van der Waals surface area contributed by atoms with Gasteiger partial charge in [0.1, 0.15) is 5.60 Å². The molecule has 0 atom stereocenters. The largest absolute Gasteiger partial charge is 0.479 e. The van der Waals surface area contributed by atoms with Crippen molar-refractivity contribution >= 4 is 56.6 Å². The molecule has 0 bridgehead atoms. The molecule has 1 heterocycles. The Morgan fingerprint density at radius 3 is 2.38 bits per heavy atom. The normalized spacial score (nSPS) is 11.0. The van der Waals surface area contributed by atoms with Crippen molar-refractivity contribution in [2.24, 2.45) is 0 Å². The summed E-state index contributed by atoms with van der Waals surface area (Å²) in [7, 11) is 1.28. The van der Waals surface area contributed by atoms with Gasteiger partial charge in [-0.2, -0.15) is 0 Å². The fourth-order valence-corrected chi connectivity index (χ4v) is 5.38. The maximum Gasteiger partial charge on any atom is 0.351 e. The van der Waals surface area contributed by atoms with Crippen molar-refractivity contribution in [3.63, 3.8) is 0 Å². The van der Waals surface area contributed by atoms with Gasteiger partial charge < -0.3 is 19.5 Å². The lowest BCUT2D eigenvalue weighted by Crippen LogP contribution is -2.34. The third kappa shape index (κ3) is 7.33. The van der Waals surface area contributed by atoms with E-state index in [9.17, 15) is 14.4 Å². The molecule has 0 radical (unpaired) electrons. The summed E-state index contributed by atoms with van der Waals surface area (Å²) in [5.41, 5.74) is 1.45. The molecule has 0 spiro atoms. The summed E-state index contributed by atoms with van der Waals surface area (Å²) in [6.45, 7) is 7.23. The second kappa shape index (κ2) is 12.2. The summed E-state index contributed by atoms with van der Waals surface area (Å²) in [5.74, 6) is -0.963. The van der Waals surface area contributed by atoms with Crippen LogP contribution in [0.25, 0.3) is 10.4 Å². The van der Waals surface area contributed by atoms with Gasteiger partial charge in [-0.1, -0.05) is 30.3 Å². The molecule has 0 saturated carbocycles. The molecule has 0 unspecified atom stereocenters. The number of anilines is 2. The number of hydrogen-bond donors (Lipinski definition) is 1. The molecule has 1 aromatic heterocycles. The van der Waals surface area contributed by atoms with Crippen LogP contribution in [-0.4, -0.2) is 43.8 Å². The zero-order valence-electron chi connectivity index (χ0n) is 21.3. The number of esters is 2. The summed E-state index contributed by atoms with van der Waals surface area (Å²) >= 11 is 4.69. The summed E-state index contributed by atoms with van der Waals surface area (Å²) in [6.07, 6.45) is 0. The lowest BCUT2D eigenvalue weighted by atomic mass is 10.1. The number of nitrogens with zero attached hydrogens (tertiary/aromatic N) is 1. The van der Waals surface area contributed by atoms with E-state index in [1.165, 1.54) is 7.11 Å². The van der Waals surface area contributed by atoms with Crippen LogP contribution in [0.15, 0.2) is 59.1 Å². The molecule has 3 rings (SSSR count). The van der Waals surface area contributed by atoms with Crippen molar-refractivity contribution in [2.75, 3.05) is 30.5 Å². The maximum absolute atomic E-state index is 13.0. The Morgan fingerprint density at radius 1 is 1.05 bits per heavy atom. The Kier molecular flexibility index (Phi) is 9.34. The van der Waals surface area contributed by atoms with Gasteiger partial charge in [0, 0.05) is 17.9 Å². The highest BCUT2D eigenvalue weighted by Crippen LogP contribution is 2.46. The molecule has 196 valence electrons. The number of amides is 2. The van der Waals surface area contributed by atoms with Crippen LogP contribution in [-0.2, 0) is 14.3 Å². The quantitative estimate of drug-likeness (QED) is 0.293. The molecule has 0 aliphatic rings. The van der Waals surface area contributed by atoms with Crippen molar-refractivity contribution in [3.8, 4) is 16.2 Å². The van der Waals surface area contributed by atoms with E-state index in [-0.39, 0.29) is 23.3 Å². The van der Waals surface area contributed by atoms with Crippen LogP contribution in [0, 0.1) is 0 Å². The molecule has 10 heteroatoms. The number of rotatable bonds is 8. The van der Waals surface area contributed by atoms with Crippen LogP contribution in [0.1, 0.15) is 37.4 Å². The van der Waals surface area contributed by atoms with Gasteiger partial charge in [0.2, 0.25) is 0 Å². The second-order valence-corrected chi connectivity index (χ2v) is 10.7. The minimum atomic E-state index is -0.666. The number of carbonyl (C=O) groups is 3. The van der Waals surface area contributed by atoms with E-state index in [1.807, 2.05) is 61.5 Å². The predicted octanol–water partition coefficient (Wildman–Crippen LogP) is 6.74. The molecule has 0 saturated heterocycles. The number of urea groups is 1. The van der Waals surface area contributed by atoms with Crippen molar-refractivity contribution in [2.45, 2.75) is 33.3 Å². The molecule has 3 aromatic rings. The molecule has 37 heavy (non-hydrogen) atoms. The zero-order valence-corrected chi connectivity index (χ0v) is 23.7. The molecule has 2 amide bonds. The number of benzene rings is 2. The number of methoxy groups -OCH3 is 1. The Bertz CT molecular complexity index is 1270. The van der Waals surface area contributed by atoms with Gasteiger partial charge in [-0.25, -0.2) is 14.4 Å². The van der Waals surface area contributed by atoms with E-state index in [0.717, 1.165) is 16.9 Å². The van der Waals surface area contributed by atoms with Gasteiger partial charge in [-0.15, -0.1) is 11.3 Å². The number of nitrogens with one attached hydrogen (secondary N) is 1. The number of halogens is 1. The first-order valence-electron chi connectivity index (χ1n) is 11.5. The minimum Gasteiger partial charge on any atom is -0.479 e. The van der Waals surface area contributed by atoms with Crippen LogP contribution in [0.2, 0.25) is 0 Å². The van der Waals surface area contributed by atoms with Crippen molar-refractivity contribution in [1.29, 1.82) is 0 Å². The molecular formula is C27H29BrN2O6S. The minimum absolute atomic E-state index is 0.192. The standard InChI is InChI=1S/C27H29BrN2O6S/c1-6-30(26(33)29-18-12-8-7-9-13-18)19-14-10-11-17(15-19)23-21(28)22(24(37-23)25(32)34-5)35-16-20(31)36-27(2,3)4/h7-15H,6,16H2,1-5H3,(H,29,33). The van der Waals surface area contributed by atoms with Crippen molar-refractivity contribution < 1.29 is 28.6 Å². The monoisotopic (exact) mass is 588 g/mol. The van der Waals surface area contributed by atoms with Crippen LogP contribution in [0.5, 0.6) is 5.75 Å². The molecular weight excluding hydrogens is 560 g/mol. The first-order valence-corrected chi connectivity index (χ1v) is 13.1. The summed E-state index contributed by atoms with van der Waals surface area (Å²) in [4.78, 5) is 40.2. The van der Waals surface area contributed by atoms with Crippen molar-refractivity contribution in [3.05, 3.63) is 63.9 Å². The molecule has 0 aliphatic heterocycles. The summed E-state index contributed by atoms with van der Waals surface area (Å²) < 4.78 is 16.4. The molecule has 1 N–H and O–H groups in total. The van der Waals surface area contributed by atoms with E-state index in [1.54, 1.807) is 25.7 Å². The smallest absolute Gasteiger partial charge is 0.351 e. The van der Waals surface area contributed by atoms with E-state index in [0.29, 0.717) is 27.3 Å². The first kappa shape index (κ1) is 28.2. The van der Waals surface area contributed by atoms with Crippen LogP contribution in [0.3, 0.4) is 0 Å². The molecule has 0 fully saturated rings. The fourth-order valence-electron chi connectivity index (χ4n) is 3.41. The Labute approximate surface area is 228 Å². The third-order valence-electron chi connectivity index (χ3n) is 4.94. The van der Waals surface area contributed by atoms with Gasteiger partial charge in [0.25, 0.3) is 0 Å². The Morgan fingerprint density at radius 2 is 1.76 bits per heavy atom. The Balaban J connectivity index is 1.91. The number of ether oxygens (including phenoxy) is 3. The van der Waals surface area contributed by atoms with E-state index in [2.05, 4.69) is 21.2 Å². The van der Waals surface area contributed by atoms with E-state index in [4.69, 9.17) is 14.2 Å². The number of carbonyl (C=O) groups excluding carboxylic acids is 3. The van der Waals surface area contributed by atoms with Gasteiger partial charge in [0.05, 0.1) is 16.5 Å². The van der Waals surface area contributed by atoms with Gasteiger partial charge in [-0.05, 0) is 73.5 Å². The predicted molar refractivity (Wildman–Crippen MR) is 149 cm³/mol. The SMILES string of the molecule is CCN(C(=O)Nc1ccccc1)c1cccc(-c2sc(C(=O)OC)c(OCC(=O)OC(C)(C)C)c2Br)c1. The average Bonchev–Trinajstić information content (AvgIpc) is 3.18. The molecule has 0 aliphatic carbocycles. The number of hydrogen-bond acceptors (Lipinski definition) is 7. The lowest BCUT2D eigenvalue weighted by Gasteiger charge is -2.22. The summed E-state index contributed by atoms with van der Waals surface area (Å²) in [6, 6.07) is 16.3. The van der Waals surface area contributed by atoms with E-state index < -0.39 is 17.5 Å². The Hall–Kier alpha value is -3.37. The molecule has 8 nitrogen and oxygen atoms in total. The van der Waals surface area contributed by atoms with Gasteiger partial charge in [0.15, 0.2) is 17.2 Å². The fraction of sp³-hybridized carbons (Fsp3) is 0.296. The second-order valence-electron chi connectivity index (χ2n) is 8.86. The molecule has 2 aromatic carbocycles. The van der Waals surface area contributed by atoms with Crippen LogP contribution < -0.4 is 15.0 Å². The first-order chi connectivity index (χ1) is 17.5. The van der Waals surface area contributed by atoms with Gasteiger partial charge >= 0.3 is 18.0 Å². The van der Waals surface area contributed by atoms with Gasteiger partial charge in [-0.3, -0.25) is 4.90 Å².